The molecule has 190 valence electrons. The fraction of sp³-hybridized carbons (Fsp3) is 0.130. The molecule has 1 aromatic heterocycles. The van der Waals surface area contributed by atoms with Crippen molar-refractivity contribution in [2.75, 3.05) is 5.32 Å². The lowest BCUT2D eigenvalue weighted by Gasteiger charge is -2.14. The number of nitrogens with one attached hydrogen (secondary N) is 4. The molecule has 1 fully saturated rings. The van der Waals surface area contributed by atoms with E-state index < -0.39 is 46.2 Å². The van der Waals surface area contributed by atoms with E-state index >= 15 is 0 Å². The molecule has 0 aliphatic carbocycles. The molecule has 2 aromatic carbocycles. The number of hydrogen-bond acceptors (Lipinski definition) is 8. The van der Waals surface area contributed by atoms with E-state index in [0.29, 0.717) is 16.3 Å². The number of thioether (sulfide) groups is 1. The molecule has 37 heavy (non-hydrogen) atoms. The fourth-order valence-electron chi connectivity index (χ4n) is 3.48. The second-order valence-electron chi connectivity index (χ2n) is 7.79. The van der Waals surface area contributed by atoms with E-state index in [2.05, 4.69) is 20.6 Å². The zero-order valence-corrected chi connectivity index (χ0v) is 20.2. The number of hydrogen-bond donors (Lipinski definition) is 6. The number of aliphatic imine (C=N–C) groups is 1. The SMILES string of the molecule is O=C(C[C@@H]1SC(=N[C@@H](c2ccc(Cl)cc2)c2c(O)[nH]c(=O)[nH]c2=O)NC1=O)Nc1ccc(C(=O)O)cc1. The minimum Gasteiger partial charge on any atom is -0.494 e. The number of aromatic hydroxyl groups is 1. The Kier molecular flexibility index (Phi) is 7.45. The molecule has 2 atom stereocenters. The number of aromatic carboxylic acids is 1. The summed E-state index contributed by atoms with van der Waals surface area (Å²) in [5, 5.41) is 24.1. The average molecular weight is 544 g/mol. The molecular weight excluding hydrogens is 526 g/mol. The Morgan fingerprint density at radius 3 is 2.35 bits per heavy atom. The van der Waals surface area contributed by atoms with E-state index in [-0.39, 0.29) is 22.7 Å². The highest BCUT2D eigenvalue weighted by molar-refractivity contribution is 8.15. The first-order valence-corrected chi connectivity index (χ1v) is 11.9. The van der Waals surface area contributed by atoms with Crippen LogP contribution in [0.25, 0.3) is 0 Å². The molecule has 4 rings (SSSR count). The number of amides is 2. The molecule has 0 saturated carbocycles. The number of amidine groups is 1. The Hall–Kier alpha value is -4.36. The van der Waals surface area contributed by atoms with E-state index in [4.69, 9.17) is 16.7 Å². The minimum absolute atomic E-state index is 0.0622. The van der Waals surface area contributed by atoms with Gasteiger partial charge in [0.15, 0.2) is 5.17 Å². The smallest absolute Gasteiger partial charge is 0.335 e. The lowest BCUT2D eigenvalue weighted by Crippen LogP contribution is -2.29. The van der Waals surface area contributed by atoms with Crippen LogP contribution in [0.15, 0.2) is 63.1 Å². The second-order valence-corrected chi connectivity index (χ2v) is 9.42. The molecule has 12 nitrogen and oxygen atoms in total. The van der Waals surface area contributed by atoms with E-state index in [1.165, 1.54) is 24.3 Å². The summed E-state index contributed by atoms with van der Waals surface area (Å²) < 4.78 is 0. The third kappa shape index (κ3) is 6.08. The van der Waals surface area contributed by atoms with Crippen molar-refractivity contribution >= 4 is 52.0 Å². The summed E-state index contributed by atoms with van der Waals surface area (Å²) in [7, 11) is 0. The van der Waals surface area contributed by atoms with Crippen molar-refractivity contribution in [2.45, 2.75) is 17.7 Å². The number of carboxylic acid groups (broad SMARTS) is 1. The molecule has 1 saturated heterocycles. The van der Waals surface area contributed by atoms with Gasteiger partial charge in [0.1, 0.15) is 16.9 Å². The van der Waals surface area contributed by atoms with Crippen molar-refractivity contribution in [3.8, 4) is 5.88 Å². The highest BCUT2D eigenvalue weighted by atomic mass is 35.5. The van der Waals surface area contributed by atoms with Crippen LogP contribution in [0, 0.1) is 0 Å². The third-order valence-electron chi connectivity index (χ3n) is 5.23. The molecule has 0 spiro atoms. The van der Waals surface area contributed by atoms with Crippen molar-refractivity contribution in [1.29, 1.82) is 0 Å². The van der Waals surface area contributed by atoms with E-state index in [9.17, 15) is 29.1 Å². The van der Waals surface area contributed by atoms with Crippen LogP contribution in [0.2, 0.25) is 5.02 Å². The highest BCUT2D eigenvalue weighted by Gasteiger charge is 2.33. The summed E-state index contributed by atoms with van der Waals surface area (Å²) in [6, 6.07) is 10.7. The number of aromatic nitrogens is 2. The van der Waals surface area contributed by atoms with Crippen LogP contribution < -0.4 is 21.9 Å². The van der Waals surface area contributed by atoms with Gasteiger partial charge in [0.2, 0.25) is 17.7 Å². The molecule has 0 bridgehead atoms. The maximum atomic E-state index is 12.5. The Bertz CT molecular complexity index is 1520. The number of H-pyrrole nitrogens is 2. The van der Waals surface area contributed by atoms with Gasteiger partial charge in [0, 0.05) is 17.1 Å². The lowest BCUT2D eigenvalue weighted by molar-refractivity contribution is -0.122. The first kappa shape index (κ1) is 25.7. The van der Waals surface area contributed by atoms with Crippen LogP contribution in [-0.2, 0) is 9.59 Å². The van der Waals surface area contributed by atoms with Crippen LogP contribution in [0.4, 0.5) is 5.69 Å². The zero-order valence-electron chi connectivity index (χ0n) is 18.6. The number of aromatic amines is 2. The number of anilines is 1. The van der Waals surface area contributed by atoms with E-state index in [1.54, 1.807) is 24.3 Å². The van der Waals surface area contributed by atoms with Gasteiger partial charge in [-0.15, -0.1) is 0 Å². The molecule has 0 unspecified atom stereocenters. The van der Waals surface area contributed by atoms with Crippen molar-refractivity contribution in [1.82, 2.24) is 15.3 Å². The monoisotopic (exact) mass is 543 g/mol. The summed E-state index contributed by atoms with van der Waals surface area (Å²) in [5.74, 6) is -2.76. The predicted molar refractivity (Wildman–Crippen MR) is 136 cm³/mol. The highest BCUT2D eigenvalue weighted by Crippen LogP contribution is 2.32. The fourth-order valence-corrected chi connectivity index (χ4v) is 4.61. The van der Waals surface area contributed by atoms with Gasteiger partial charge in [0.25, 0.3) is 5.56 Å². The summed E-state index contributed by atoms with van der Waals surface area (Å²) in [6.07, 6.45) is -0.216. The third-order valence-corrected chi connectivity index (χ3v) is 6.58. The molecule has 6 N–H and O–H groups in total. The van der Waals surface area contributed by atoms with Crippen LogP contribution >= 0.6 is 23.4 Å². The largest absolute Gasteiger partial charge is 0.494 e. The Morgan fingerprint density at radius 2 is 1.73 bits per heavy atom. The van der Waals surface area contributed by atoms with Crippen molar-refractivity contribution in [3.63, 3.8) is 0 Å². The summed E-state index contributed by atoms with van der Waals surface area (Å²) in [6.45, 7) is 0. The van der Waals surface area contributed by atoms with E-state index in [0.717, 1.165) is 11.8 Å². The average Bonchev–Trinajstić information content (AvgIpc) is 3.17. The van der Waals surface area contributed by atoms with Gasteiger partial charge in [-0.05, 0) is 42.0 Å². The molecule has 1 aliphatic rings. The zero-order chi connectivity index (χ0) is 26.7. The standard InChI is InChI=1S/C23H18ClN5O7S/c24-12-5-1-10(2-6-12)17(16-19(32)27-22(36)28-20(16)33)26-23-29-18(31)14(37-23)9-15(30)25-13-7-3-11(4-8-13)21(34)35/h1-8,14,17H,9H2,(H,25,30)(H,34,35)(H,26,29,31)(H3,27,28,32,33,36)/t14-,17-/m0/s1. The van der Waals surface area contributed by atoms with Gasteiger partial charge < -0.3 is 20.8 Å². The molecule has 0 radical (unpaired) electrons. The normalized spacial score (nSPS) is 16.8. The predicted octanol–water partition coefficient (Wildman–Crippen LogP) is 1.83. The molecule has 1 aliphatic heterocycles. The molecule has 3 aromatic rings. The Morgan fingerprint density at radius 1 is 1.05 bits per heavy atom. The van der Waals surface area contributed by atoms with Crippen LogP contribution in [0.3, 0.4) is 0 Å². The molecule has 14 heteroatoms. The number of rotatable bonds is 7. The molecule has 2 amide bonds. The number of carboxylic acids is 1. The van der Waals surface area contributed by atoms with Crippen molar-refractivity contribution in [3.05, 3.63) is 91.1 Å². The summed E-state index contributed by atoms with van der Waals surface area (Å²) in [4.78, 5) is 68.6. The van der Waals surface area contributed by atoms with Crippen molar-refractivity contribution in [2.24, 2.45) is 4.99 Å². The van der Waals surface area contributed by atoms with Gasteiger partial charge in [0.05, 0.1) is 5.56 Å². The minimum atomic E-state index is -1.12. The van der Waals surface area contributed by atoms with E-state index in [1.807, 2.05) is 4.98 Å². The summed E-state index contributed by atoms with van der Waals surface area (Å²) >= 11 is 6.92. The number of benzene rings is 2. The maximum Gasteiger partial charge on any atom is 0.335 e. The number of carbonyl (C=O) groups excluding carboxylic acids is 2. The first-order chi connectivity index (χ1) is 17.6. The van der Waals surface area contributed by atoms with Gasteiger partial charge in [-0.3, -0.25) is 24.4 Å². The number of nitrogens with zero attached hydrogens (tertiary/aromatic N) is 1. The lowest BCUT2D eigenvalue weighted by atomic mass is 10.0. The summed E-state index contributed by atoms with van der Waals surface area (Å²) in [5.41, 5.74) is -1.17. The van der Waals surface area contributed by atoms with Gasteiger partial charge >= 0.3 is 11.7 Å². The Labute approximate surface area is 216 Å². The first-order valence-electron chi connectivity index (χ1n) is 10.6. The van der Waals surface area contributed by atoms with Crippen molar-refractivity contribution < 1.29 is 24.6 Å². The quantitative estimate of drug-likeness (QED) is 0.259. The number of halogens is 1. The van der Waals surface area contributed by atoms with Gasteiger partial charge in [-0.1, -0.05) is 35.5 Å². The Balaban J connectivity index is 1.55. The topological polar surface area (TPSA) is 194 Å². The maximum absolute atomic E-state index is 12.5. The number of carbonyl (C=O) groups is 3. The second kappa shape index (κ2) is 10.7. The van der Waals surface area contributed by atoms with Gasteiger partial charge in [-0.25, -0.2) is 14.6 Å². The van der Waals surface area contributed by atoms with Gasteiger partial charge in [-0.2, -0.15) is 0 Å². The van der Waals surface area contributed by atoms with Crippen LogP contribution in [-0.4, -0.2) is 48.4 Å². The van der Waals surface area contributed by atoms with Crippen LogP contribution in [0.5, 0.6) is 5.88 Å². The molecular formula is C23H18ClN5O7S. The molecule has 2 heterocycles. The van der Waals surface area contributed by atoms with Crippen LogP contribution in [0.1, 0.15) is 33.9 Å².